The van der Waals surface area contributed by atoms with E-state index in [0.29, 0.717) is 16.7 Å². The maximum absolute atomic E-state index is 13.2. The average Bonchev–Trinajstić information content (AvgIpc) is 2.93. The van der Waals surface area contributed by atoms with Gasteiger partial charge >= 0.3 is 5.97 Å². The summed E-state index contributed by atoms with van der Waals surface area (Å²) in [6.45, 7) is -0.529. The molecule has 6 nitrogen and oxygen atoms in total. The fourth-order valence-corrected chi connectivity index (χ4v) is 3.67. The third-order valence-electron chi connectivity index (χ3n) is 4.81. The van der Waals surface area contributed by atoms with Crippen molar-refractivity contribution in [2.45, 2.75) is 12.3 Å². The summed E-state index contributed by atoms with van der Waals surface area (Å²) in [6, 6.07) is 15.6. The molecule has 2 aromatic carbocycles. The topological polar surface area (TPSA) is 86.5 Å². The van der Waals surface area contributed by atoms with E-state index in [-0.39, 0.29) is 6.42 Å². The van der Waals surface area contributed by atoms with Crippen LogP contribution in [0.1, 0.15) is 27.4 Å². The lowest BCUT2D eigenvalue weighted by Gasteiger charge is -2.31. The average molecular weight is 339 g/mol. The molecular formula is C19H17NO5. The first-order valence-corrected chi connectivity index (χ1v) is 7.88. The number of benzene rings is 2. The second kappa shape index (κ2) is 6.47. The standard InChI is InChI=1S/C19H17NO5/c1-25-18(22)19(11-14-9-5-6-10-15(14)17(19)21)16(12-20(23)24)13-7-3-2-4-8-13/h2-10,16H,11-12H2,1H3/t16-,19+/m1/s1. The molecule has 0 unspecified atom stereocenters. The van der Waals surface area contributed by atoms with E-state index in [0.717, 1.165) is 0 Å². The van der Waals surface area contributed by atoms with Crippen LogP contribution in [-0.4, -0.2) is 30.3 Å². The van der Waals surface area contributed by atoms with Crippen LogP contribution in [-0.2, 0) is 16.0 Å². The minimum atomic E-state index is -1.62. The molecule has 2 aromatic rings. The summed E-state index contributed by atoms with van der Waals surface area (Å²) in [5.41, 5.74) is 0.0949. The molecule has 0 N–H and O–H groups in total. The number of hydrogen-bond acceptors (Lipinski definition) is 5. The van der Waals surface area contributed by atoms with Crippen molar-refractivity contribution in [3.63, 3.8) is 0 Å². The van der Waals surface area contributed by atoms with Crippen molar-refractivity contribution in [2.75, 3.05) is 13.7 Å². The molecule has 0 fully saturated rings. The molecule has 1 aliphatic carbocycles. The van der Waals surface area contributed by atoms with Crippen LogP contribution in [0, 0.1) is 15.5 Å². The molecule has 1 aliphatic rings. The number of Topliss-reactive ketones (excluding diaryl/α,β-unsaturated/α-hetero) is 1. The predicted octanol–water partition coefficient (Wildman–Crippen LogP) is 2.65. The van der Waals surface area contributed by atoms with Gasteiger partial charge in [-0.15, -0.1) is 0 Å². The van der Waals surface area contributed by atoms with Gasteiger partial charge in [0.05, 0.1) is 13.0 Å². The summed E-state index contributed by atoms with van der Waals surface area (Å²) in [4.78, 5) is 36.8. The number of methoxy groups -OCH3 is 1. The summed E-state index contributed by atoms with van der Waals surface area (Å²) >= 11 is 0. The minimum Gasteiger partial charge on any atom is -0.468 e. The second-order valence-electron chi connectivity index (χ2n) is 6.10. The first-order chi connectivity index (χ1) is 12.0. The lowest BCUT2D eigenvalue weighted by Crippen LogP contribution is -2.46. The number of rotatable bonds is 5. The molecule has 0 aliphatic heterocycles. The van der Waals surface area contributed by atoms with Crippen LogP contribution in [0.3, 0.4) is 0 Å². The highest BCUT2D eigenvalue weighted by atomic mass is 16.6. The van der Waals surface area contributed by atoms with E-state index in [2.05, 4.69) is 0 Å². The van der Waals surface area contributed by atoms with Gasteiger partial charge in [0, 0.05) is 10.5 Å². The number of fused-ring (bicyclic) bond motifs is 1. The van der Waals surface area contributed by atoms with Gasteiger partial charge in [-0.05, 0) is 17.5 Å². The number of ketones is 1. The van der Waals surface area contributed by atoms with Gasteiger partial charge in [-0.3, -0.25) is 19.7 Å². The normalized spacial score (nSPS) is 20.0. The van der Waals surface area contributed by atoms with E-state index in [1.165, 1.54) is 7.11 Å². The molecular weight excluding hydrogens is 322 g/mol. The van der Waals surface area contributed by atoms with E-state index in [4.69, 9.17) is 4.74 Å². The fraction of sp³-hybridized carbons (Fsp3) is 0.263. The lowest BCUT2D eigenvalue weighted by molar-refractivity contribution is -0.485. The van der Waals surface area contributed by atoms with Crippen LogP contribution < -0.4 is 0 Å². The van der Waals surface area contributed by atoms with Crippen LogP contribution in [0.15, 0.2) is 54.6 Å². The van der Waals surface area contributed by atoms with Gasteiger partial charge < -0.3 is 4.74 Å². The first kappa shape index (κ1) is 16.8. The zero-order valence-electron chi connectivity index (χ0n) is 13.7. The summed E-state index contributed by atoms with van der Waals surface area (Å²) in [5.74, 6) is -2.05. The maximum atomic E-state index is 13.2. The highest BCUT2D eigenvalue weighted by Crippen LogP contribution is 2.48. The molecule has 2 atom stereocenters. The Bertz CT molecular complexity index is 833. The number of nitrogens with zero attached hydrogens (tertiary/aromatic N) is 1. The summed E-state index contributed by atoms with van der Waals surface area (Å²) in [6.07, 6.45) is 0.0993. The number of carbonyl (C=O) groups is 2. The van der Waals surface area contributed by atoms with Gasteiger partial charge in [0.15, 0.2) is 5.78 Å². The number of ether oxygens (including phenoxy) is 1. The van der Waals surface area contributed by atoms with E-state index in [1.54, 1.807) is 54.6 Å². The van der Waals surface area contributed by atoms with E-state index < -0.39 is 34.6 Å². The smallest absolute Gasteiger partial charge is 0.320 e. The third-order valence-corrected chi connectivity index (χ3v) is 4.81. The quantitative estimate of drug-likeness (QED) is 0.362. The van der Waals surface area contributed by atoms with E-state index in [1.807, 2.05) is 0 Å². The van der Waals surface area contributed by atoms with Crippen LogP contribution >= 0.6 is 0 Å². The molecule has 25 heavy (non-hydrogen) atoms. The molecule has 3 rings (SSSR count). The van der Waals surface area contributed by atoms with E-state index in [9.17, 15) is 19.7 Å². The van der Waals surface area contributed by atoms with Gasteiger partial charge in [-0.25, -0.2) is 0 Å². The molecule has 0 bridgehead atoms. The summed E-state index contributed by atoms with van der Waals surface area (Å²) in [5, 5.41) is 11.3. The van der Waals surface area contributed by atoms with Crippen molar-refractivity contribution in [2.24, 2.45) is 5.41 Å². The molecule has 0 radical (unpaired) electrons. The van der Waals surface area contributed by atoms with Gasteiger partial charge in [0.25, 0.3) is 0 Å². The Balaban J connectivity index is 2.19. The van der Waals surface area contributed by atoms with Gasteiger partial charge in [0.1, 0.15) is 5.41 Å². The molecule has 0 spiro atoms. The van der Waals surface area contributed by atoms with Crippen LogP contribution in [0.2, 0.25) is 0 Å². The summed E-state index contributed by atoms with van der Waals surface area (Å²) in [7, 11) is 1.20. The molecule has 0 saturated carbocycles. The Morgan fingerprint density at radius 1 is 1.20 bits per heavy atom. The number of carbonyl (C=O) groups excluding carboxylic acids is 2. The molecule has 6 heteroatoms. The molecule has 0 heterocycles. The highest BCUT2D eigenvalue weighted by Gasteiger charge is 2.59. The fourth-order valence-electron chi connectivity index (χ4n) is 3.67. The zero-order chi connectivity index (χ0) is 18.0. The minimum absolute atomic E-state index is 0.0993. The van der Waals surface area contributed by atoms with Gasteiger partial charge in [-0.2, -0.15) is 0 Å². The van der Waals surface area contributed by atoms with Crippen molar-refractivity contribution in [1.82, 2.24) is 0 Å². The van der Waals surface area contributed by atoms with Crippen molar-refractivity contribution < 1.29 is 19.2 Å². The van der Waals surface area contributed by atoms with Gasteiger partial charge in [-0.1, -0.05) is 54.6 Å². The van der Waals surface area contributed by atoms with E-state index >= 15 is 0 Å². The van der Waals surface area contributed by atoms with Gasteiger partial charge in [0.2, 0.25) is 6.54 Å². The molecule has 0 saturated heterocycles. The Morgan fingerprint density at radius 3 is 2.44 bits per heavy atom. The van der Waals surface area contributed by atoms with Crippen LogP contribution in [0.25, 0.3) is 0 Å². The third kappa shape index (κ3) is 2.69. The Labute approximate surface area is 144 Å². The molecule has 0 amide bonds. The zero-order valence-corrected chi connectivity index (χ0v) is 13.7. The highest BCUT2D eigenvalue weighted by molar-refractivity contribution is 6.16. The maximum Gasteiger partial charge on any atom is 0.320 e. The first-order valence-electron chi connectivity index (χ1n) is 7.88. The van der Waals surface area contributed by atoms with Crippen LogP contribution in [0.5, 0.6) is 0 Å². The van der Waals surface area contributed by atoms with Crippen molar-refractivity contribution >= 4 is 11.8 Å². The van der Waals surface area contributed by atoms with Crippen molar-refractivity contribution in [3.05, 3.63) is 81.4 Å². The number of hydrogen-bond donors (Lipinski definition) is 0. The molecule has 128 valence electrons. The second-order valence-corrected chi connectivity index (χ2v) is 6.10. The predicted molar refractivity (Wildman–Crippen MR) is 90.0 cm³/mol. The largest absolute Gasteiger partial charge is 0.468 e. The lowest BCUT2D eigenvalue weighted by atomic mass is 9.69. The monoisotopic (exact) mass is 339 g/mol. The molecule has 0 aromatic heterocycles. The number of nitro groups is 1. The van der Waals surface area contributed by atoms with Crippen LogP contribution in [0.4, 0.5) is 0 Å². The van der Waals surface area contributed by atoms with Crippen molar-refractivity contribution in [3.8, 4) is 0 Å². The SMILES string of the molecule is COC(=O)[C@]1([C@H](C[N+](=O)[O-])c2ccccc2)Cc2ccccc2C1=O. The Kier molecular flexibility index (Phi) is 4.35. The Hall–Kier alpha value is -3.02. The Morgan fingerprint density at radius 2 is 1.84 bits per heavy atom. The summed E-state index contributed by atoms with van der Waals surface area (Å²) < 4.78 is 4.94. The number of esters is 1. The van der Waals surface area contributed by atoms with Crippen molar-refractivity contribution in [1.29, 1.82) is 0 Å².